The largest absolute Gasteiger partial charge is 0.396 e. The van der Waals surface area contributed by atoms with Crippen molar-refractivity contribution in [3.63, 3.8) is 0 Å². The van der Waals surface area contributed by atoms with Crippen molar-refractivity contribution in [3.05, 3.63) is 35.6 Å². The van der Waals surface area contributed by atoms with Gasteiger partial charge in [0.25, 0.3) is 0 Å². The SMILES string of the molecule is OCC(CNC1CCCC1)c1ccc(F)cc1. The van der Waals surface area contributed by atoms with Crippen LogP contribution in [0.4, 0.5) is 4.39 Å². The fourth-order valence-corrected chi connectivity index (χ4v) is 2.46. The molecule has 1 aliphatic rings. The molecule has 0 heterocycles. The topological polar surface area (TPSA) is 32.3 Å². The van der Waals surface area contributed by atoms with E-state index in [0.717, 1.165) is 12.1 Å². The van der Waals surface area contributed by atoms with E-state index in [4.69, 9.17) is 0 Å². The summed E-state index contributed by atoms with van der Waals surface area (Å²) in [6.07, 6.45) is 5.08. The van der Waals surface area contributed by atoms with Crippen LogP contribution in [0.5, 0.6) is 0 Å². The lowest BCUT2D eigenvalue weighted by Gasteiger charge is -2.19. The van der Waals surface area contributed by atoms with Gasteiger partial charge in [-0.15, -0.1) is 0 Å². The summed E-state index contributed by atoms with van der Waals surface area (Å²) in [4.78, 5) is 0. The number of halogens is 1. The summed E-state index contributed by atoms with van der Waals surface area (Å²) in [6.45, 7) is 0.873. The van der Waals surface area contributed by atoms with E-state index in [1.807, 2.05) is 0 Å². The maximum atomic E-state index is 12.8. The zero-order valence-corrected chi connectivity index (χ0v) is 10.0. The molecule has 1 atom stereocenters. The fourth-order valence-electron chi connectivity index (χ4n) is 2.46. The van der Waals surface area contributed by atoms with Gasteiger partial charge in [0.05, 0.1) is 6.61 Å². The van der Waals surface area contributed by atoms with E-state index in [2.05, 4.69) is 5.32 Å². The highest BCUT2D eigenvalue weighted by Crippen LogP contribution is 2.20. The first-order valence-electron chi connectivity index (χ1n) is 6.39. The van der Waals surface area contributed by atoms with E-state index in [-0.39, 0.29) is 18.3 Å². The van der Waals surface area contributed by atoms with Crippen LogP contribution >= 0.6 is 0 Å². The molecule has 1 saturated carbocycles. The van der Waals surface area contributed by atoms with Crippen LogP contribution in [0.25, 0.3) is 0 Å². The third kappa shape index (κ3) is 3.51. The lowest BCUT2D eigenvalue weighted by Crippen LogP contribution is -2.31. The van der Waals surface area contributed by atoms with Gasteiger partial charge in [-0.3, -0.25) is 0 Å². The molecule has 3 heteroatoms. The average molecular weight is 237 g/mol. The first kappa shape index (κ1) is 12.5. The summed E-state index contributed by atoms with van der Waals surface area (Å²) in [5.74, 6) is -0.162. The van der Waals surface area contributed by atoms with Crippen molar-refractivity contribution in [3.8, 4) is 0 Å². The minimum absolute atomic E-state index is 0.0659. The molecule has 0 amide bonds. The second kappa shape index (κ2) is 6.12. The average Bonchev–Trinajstić information content (AvgIpc) is 2.85. The van der Waals surface area contributed by atoms with E-state index >= 15 is 0 Å². The van der Waals surface area contributed by atoms with Gasteiger partial charge in [0, 0.05) is 18.5 Å². The van der Waals surface area contributed by atoms with Crippen molar-refractivity contribution in [2.45, 2.75) is 37.6 Å². The minimum atomic E-state index is -0.228. The van der Waals surface area contributed by atoms with Gasteiger partial charge in [-0.1, -0.05) is 25.0 Å². The molecule has 1 aliphatic carbocycles. The second-order valence-corrected chi connectivity index (χ2v) is 4.82. The second-order valence-electron chi connectivity index (χ2n) is 4.82. The Balaban J connectivity index is 1.89. The maximum Gasteiger partial charge on any atom is 0.123 e. The first-order chi connectivity index (χ1) is 8.29. The molecule has 2 nitrogen and oxygen atoms in total. The van der Waals surface area contributed by atoms with E-state index in [9.17, 15) is 9.50 Å². The molecule has 0 aliphatic heterocycles. The van der Waals surface area contributed by atoms with Gasteiger partial charge in [0.15, 0.2) is 0 Å². The Bertz CT molecular complexity index is 333. The zero-order chi connectivity index (χ0) is 12.1. The molecule has 1 unspecified atom stereocenters. The number of benzene rings is 1. The molecule has 17 heavy (non-hydrogen) atoms. The molecule has 0 spiro atoms. The highest BCUT2D eigenvalue weighted by molar-refractivity contribution is 5.21. The molecule has 1 aromatic carbocycles. The third-order valence-corrected chi connectivity index (χ3v) is 3.57. The molecular formula is C14H20FNO. The van der Waals surface area contributed by atoms with E-state index < -0.39 is 0 Å². The van der Waals surface area contributed by atoms with Crippen molar-refractivity contribution in [2.75, 3.05) is 13.2 Å². The molecule has 0 aromatic heterocycles. The van der Waals surface area contributed by atoms with Crippen LogP contribution in [-0.4, -0.2) is 24.3 Å². The van der Waals surface area contributed by atoms with Gasteiger partial charge in [-0.25, -0.2) is 4.39 Å². The van der Waals surface area contributed by atoms with Crippen molar-refractivity contribution in [1.29, 1.82) is 0 Å². The highest BCUT2D eigenvalue weighted by Gasteiger charge is 2.17. The van der Waals surface area contributed by atoms with Crippen LogP contribution in [0.1, 0.15) is 37.2 Å². The summed E-state index contributed by atoms with van der Waals surface area (Å²) < 4.78 is 12.8. The van der Waals surface area contributed by atoms with Crippen molar-refractivity contribution in [2.24, 2.45) is 0 Å². The van der Waals surface area contributed by atoms with Crippen molar-refractivity contribution < 1.29 is 9.50 Å². The molecule has 94 valence electrons. The van der Waals surface area contributed by atoms with Gasteiger partial charge in [0.2, 0.25) is 0 Å². The molecule has 0 saturated heterocycles. The molecule has 0 radical (unpaired) electrons. The first-order valence-corrected chi connectivity index (χ1v) is 6.39. The predicted molar refractivity (Wildman–Crippen MR) is 66.5 cm³/mol. The van der Waals surface area contributed by atoms with Crippen molar-refractivity contribution >= 4 is 0 Å². The lowest BCUT2D eigenvalue weighted by molar-refractivity contribution is 0.258. The van der Waals surface area contributed by atoms with Crippen LogP contribution in [0.3, 0.4) is 0 Å². The number of hydrogen-bond donors (Lipinski definition) is 2. The highest BCUT2D eigenvalue weighted by atomic mass is 19.1. The van der Waals surface area contributed by atoms with Crippen molar-refractivity contribution in [1.82, 2.24) is 5.32 Å². The van der Waals surface area contributed by atoms with Crippen LogP contribution in [0.15, 0.2) is 24.3 Å². The summed E-state index contributed by atoms with van der Waals surface area (Å²) in [7, 11) is 0. The van der Waals surface area contributed by atoms with Gasteiger partial charge in [-0.2, -0.15) is 0 Å². The summed E-state index contributed by atoms with van der Waals surface area (Å²) in [5, 5.41) is 12.9. The van der Waals surface area contributed by atoms with Crippen LogP contribution in [-0.2, 0) is 0 Å². The normalized spacial score (nSPS) is 18.5. The van der Waals surface area contributed by atoms with Gasteiger partial charge in [-0.05, 0) is 30.5 Å². The van der Waals surface area contributed by atoms with Gasteiger partial charge in [0.1, 0.15) is 5.82 Å². The van der Waals surface area contributed by atoms with Gasteiger partial charge < -0.3 is 10.4 Å². The van der Waals surface area contributed by atoms with Gasteiger partial charge >= 0.3 is 0 Å². The number of hydrogen-bond acceptors (Lipinski definition) is 2. The van der Waals surface area contributed by atoms with E-state index in [1.54, 1.807) is 12.1 Å². The standard InChI is InChI=1S/C14H20FNO/c15-13-7-5-11(6-8-13)12(10-17)9-16-14-3-1-2-4-14/h5-8,12,14,16-17H,1-4,9-10H2. The molecular weight excluding hydrogens is 217 g/mol. The van der Waals surface area contributed by atoms with Crippen LogP contribution in [0.2, 0.25) is 0 Å². The summed E-state index contributed by atoms with van der Waals surface area (Å²) >= 11 is 0. The predicted octanol–water partition coefficient (Wildman–Crippen LogP) is 2.43. The lowest BCUT2D eigenvalue weighted by atomic mass is 9.99. The Morgan fingerprint density at radius 1 is 1.24 bits per heavy atom. The Hall–Kier alpha value is -0.930. The molecule has 1 aromatic rings. The third-order valence-electron chi connectivity index (χ3n) is 3.57. The van der Waals surface area contributed by atoms with Crippen LogP contribution < -0.4 is 5.32 Å². The van der Waals surface area contributed by atoms with E-state index in [0.29, 0.717) is 6.04 Å². The fraction of sp³-hybridized carbons (Fsp3) is 0.571. The monoisotopic (exact) mass is 237 g/mol. The number of rotatable bonds is 5. The maximum absolute atomic E-state index is 12.8. The number of aliphatic hydroxyl groups excluding tert-OH is 1. The Kier molecular flexibility index (Phi) is 4.51. The smallest absolute Gasteiger partial charge is 0.123 e. The molecule has 2 N–H and O–H groups in total. The Morgan fingerprint density at radius 2 is 1.88 bits per heavy atom. The Morgan fingerprint density at radius 3 is 2.47 bits per heavy atom. The van der Waals surface area contributed by atoms with E-state index in [1.165, 1.54) is 37.8 Å². The molecule has 0 bridgehead atoms. The minimum Gasteiger partial charge on any atom is -0.396 e. The van der Waals surface area contributed by atoms with Crippen LogP contribution in [0, 0.1) is 5.82 Å². The zero-order valence-electron chi connectivity index (χ0n) is 10.0. The Labute approximate surface area is 102 Å². The molecule has 1 fully saturated rings. The number of nitrogens with one attached hydrogen (secondary N) is 1. The molecule has 2 rings (SSSR count). The summed E-state index contributed by atoms with van der Waals surface area (Å²) in [6, 6.07) is 7.02. The summed E-state index contributed by atoms with van der Waals surface area (Å²) in [5.41, 5.74) is 0.999. The quantitative estimate of drug-likeness (QED) is 0.824. The number of aliphatic hydroxyl groups is 1.